The average molecular weight is 324 g/mol. The average Bonchev–Trinajstić information content (AvgIpc) is 2.62. The largest absolute Gasteiger partial charge is 0.301 e. The molecule has 24 heavy (non-hydrogen) atoms. The first-order valence-electron chi connectivity index (χ1n) is 9.42. The van der Waals surface area contributed by atoms with Gasteiger partial charge in [0, 0.05) is 6.04 Å². The van der Waals surface area contributed by atoms with Crippen molar-refractivity contribution >= 4 is 0 Å². The van der Waals surface area contributed by atoms with E-state index in [4.69, 9.17) is 0 Å². The molecule has 2 atom stereocenters. The minimum atomic E-state index is 0.607. The summed E-state index contributed by atoms with van der Waals surface area (Å²) in [5.41, 5.74) is 2.91. The third-order valence-electron chi connectivity index (χ3n) is 5.17. The van der Waals surface area contributed by atoms with Crippen molar-refractivity contribution in [3.8, 4) is 0 Å². The smallest absolute Gasteiger partial charge is 0.00385 e. The monoisotopic (exact) mass is 323 g/mol. The normalized spacial score (nSPS) is 14.1. The van der Waals surface area contributed by atoms with Crippen molar-refractivity contribution in [2.75, 3.05) is 13.1 Å². The van der Waals surface area contributed by atoms with Crippen molar-refractivity contribution in [2.24, 2.45) is 0 Å². The second-order valence-electron chi connectivity index (χ2n) is 7.33. The van der Waals surface area contributed by atoms with Crippen molar-refractivity contribution in [1.29, 1.82) is 0 Å². The van der Waals surface area contributed by atoms with Crippen LogP contribution in [0.15, 0.2) is 60.7 Å². The lowest BCUT2D eigenvalue weighted by atomic mass is 9.96. The Morgan fingerprint density at radius 3 is 1.33 bits per heavy atom. The molecular formula is C23H33N. The molecule has 0 aliphatic carbocycles. The summed E-state index contributed by atoms with van der Waals surface area (Å²) in [6, 6.07) is 22.4. The fraction of sp³-hybridized carbons (Fsp3) is 0.478. The van der Waals surface area contributed by atoms with Crippen molar-refractivity contribution in [3.63, 3.8) is 0 Å². The van der Waals surface area contributed by atoms with Crippen LogP contribution in [-0.2, 0) is 0 Å². The van der Waals surface area contributed by atoms with Crippen LogP contribution in [0, 0.1) is 0 Å². The molecule has 2 rings (SSSR count). The van der Waals surface area contributed by atoms with Crippen LogP contribution >= 0.6 is 0 Å². The molecule has 0 fully saturated rings. The second kappa shape index (κ2) is 9.64. The molecule has 0 heterocycles. The molecule has 0 N–H and O–H groups in total. The number of hydrogen-bond donors (Lipinski definition) is 0. The summed E-state index contributed by atoms with van der Waals surface area (Å²) >= 11 is 0. The first kappa shape index (κ1) is 18.7. The summed E-state index contributed by atoms with van der Waals surface area (Å²) < 4.78 is 0. The van der Waals surface area contributed by atoms with E-state index in [9.17, 15) is 0 Å². The number of benzene rings is 2. The summed E-state index contributed by atoms with van der Waals surface area (Å²) in [6.45, 7) is 11.7. The van der Waals surface area contributed by atoms with Gasteiger partial charge in [-0.05, 0) is 62.7 Å². The van der Waals surface area contributed by atoms with Gasteiger partial charge < -0.3 is 4.90 Å². The lowest BCUT2D eigenvalue weighted by Crippen LogP contribution is -2.34. The standard InChI is InChI=1S/C23H33N/c1-19(2)24(17-15-20(3)22-11-7-5-8-12-22)18-16-21(4)23-13-9-6-10-14-23/h5-14,19-21H,15-18H2,1-4H3. The van der Waals surface area contributed by atoms with E-state index in [0.29, 0.717) is 17.9 Å². The van der Waals surface area contributed by atoms with Crippen LogP contribution in [0.4, 0.5) is 0 Å². The third kappa shape index (κ3) is 5.79. The first-order valence-corrected chi connectivity index (χ1v) is 9.42. The molecule has 130 valence electrons. The van der Waals surface area contributed by atoms with Gasteiger partial charge >= 0.3 is 0 Å². The van der Waals surface area contributed by atoms with Crippen LogP contribution in [0.1, 0.15) is 63.5 Å². The van der Waals surface area contributed by atoms with E-state index < -0.39 is 0 Å². The Labute approximate surface area is 148 Å². The Balaban J connectivity index is 1.83. The van der Waals surface area contributed by atoms with E-state index in [2.05, 4.69) is 93.3 Å². The first-order chi connectivity index (χ1) is 11.6. The van der Waals surface area contributed by atoms with Crippen molar-refractivity contribution < 1.29 is 0 Å². The molecule has 0 aromatic heterocycles. The zero-order valence-electron chi connectivity index (χ0n) is 15.8. The highest BCUT2D eigenvalue weighted by molar-refractivity contribution is 5.19. The van der Waals surface area contributed by atoms with Crippen LogP contribution in [0.3, 0.4) is 0 Å². The van der Waals surface area contributed by atoms with Crippen LogP contribution in [0.2, 0.25) is 0 Å². The second-order valence-corrected chi connectivity index (χ2v) is 7.33. The van der Waals surface area contributed by atoms with Crippen molar-refractivity contribution in [2.45, 2.75) is 58.4 Å². The summed E-state index contributed by atoms with van der Waals surface area (Å²) in [5, 5.41) is 0. The quantitative estimate of drug-likeness (QED) is 0.540. The maximum absolute atomic E-state index is 2.64. The Morgan fingerprint density at radius 1 is 0.625 bits per heavy atom. The Hall–Kier alpha value is -1.60. The van der Waals surface area contributed by atoms with Gasteiger partial charge in [0.25, 0.3) is 0 Å². The maximum atomic E-state index is 2.64. The lowest BCUT2D eigenvalue weighted by Gasteiger charge is -2.29. The van der Waals surface area contributed by atoms with E-state index in [1.165, 1.54) is 37.1 Å². The molecular weight excluding hydrogens is 290 g/mol. The molecule has 2 aromatic carbocycles. The van der Waals surface area contributed by atoms with Gasteiger partial charge in [-0.2, -0.15) is 0 Å². The predicted octanol–water partition coefficient (Wildman–Crippen LogP) is 6.08. The molecule has 1 nitrogen and oxygen atoms in total. The fourth-order valence-electron chi connectivity index (χ4n) is 3.24. The Kier molecular flexibility index (Phi) is 7.52. The molecule has 0 aliphatic heterocycles. The van der Waals surface area contributed by atoms with Crippen LogP contribution in [-0.4, -0.2) is 24.0 Å². The van der Waals surface area contributed by atoms with E-state index in [1.54, 1.807) is 0 Å². The highest BCUT2D eigenvalue weighted by atomic mass is 15.1. The molecule has 0 saturated heterocycles. The summed E-state index contributed by atoms with van der Waals surface area (Å²) in [6.07, 6.45) is 2.45. The molecule has 2 aromatic rings. The predicted molar refractivity (Wildman–Crippen MR) is 106 cm³/mol. The van der Waals surface area contributed by atoms with Gasteiger partial charge in [0.15, 0.2) is 0 Å². The molecule has 0 amide bonds. The van der Waals surface area contributed by atoms with Crippen molar-refractivity contribution in [3.05, 3.63) is 71.8 Å². The van der Waals surface area contributed by atoms with E-state index >= 15 is 0 Å². The topological polar surface area (TPSA) is 3.24 Å². The molecule has 2 unspecified atom stereocenters. The molecule has 0 spiro atoms. The number of nitrogens with zero attached hydrogens (tertiary/aromatic N) is 1. The van der Waals surface area contributed by atoms with E-state index in [1.807, 2.05) is 0 Å². The van der Waals surface area contributed by atoms with Gasteiger partial charge in [-0.3, -0.25) is 0 Å². The molecule has 0 bridgehead atoms. The van der Waals surface area contributed by atoms with Gasteiger partial charge in [-0.15, -0.1) is 0 Å². The van der Waals surface area contributed by atoms with Crippen LogP contribution < -0.4 is 0 Å². The summed E-state index contributed by atoms with van der Waals surface area (Å²) in [7, 11) is 0. The van der Waals surface area contributed by atoms with Gasteiger partial charge in [0.2, 0.25) is 0 Å². The molecule has 0 radical (unpaired) electrons. The zero-order valence-corrected chi connectivity index (χ0v) is 15.8. The molecule has 1 heteroatoms. The number of hydrogen-bond acceptors (Lipinski definition) is 1. The molecule has 0 aliphatic rings. The van der Waals surface area contributed by atoms with Crippen LogP contribution in [0.25, 0.3) is 0 Å². The molecule has 0 saturated carbocycles. The Morgan fingerprint density at radius 2 is 1.00 bits per heavy atom. The highest BCUT2D eigenvalue weighted by Gasteiger charge is 2.14. The van der Waals surface area contributed by atoms with Gasteiger partial charge in [0.1, 0.15) is 0 Å². The summed E-state index contributed by atoms with van der Waals surface area (Å²) in [4.78, 5) is 2.64. The van der Waals surface area contributed by atoms with Gasteiger partial charge in [0.05, 0.1) is 0 Å². The minimum absolute atomic E-state index is 0.607. The van der Waals surface area contributed by atoms with Crippen molar-refractivity contribution in [1.82, 2.24) is 4.90 Å². The zero-order chi connectivity index (χ0) is 17.4. The maximum Gasteiger partial charge on any atom is 0.00385 e. The van der Waals surface area contributed by atoms with Gasteiger partial charge in [-0.25, -0.2) is 0 Å². The fourth-order valence-corrected chi connectivity index (χ4v) is 3.24. The highest BCUT2D eigenvalue weighted by Crippen LogP contribution is 2.22. The minimum Gasteiger partial charge on any atom is -0.301 e. The summed E-state index contributed by atoms with van der Waals surface area (Å²) in [5.74, 6) is 1.25. The van der Waals surface area contributed by atoms with E-state index in [0.717, 1.165) is 0 Å². The number of rotatable bonds is 9. The SMILES string of the molecule is CC(CCN(CCC(C)c1ccccc1)C(C)C)c1ccccc1. The third-order valence-corrected chi connectivity index (χ3v) is 5.17. The van der Waals surface area contributed by atoms with Crippen LogP contribution in [0.5, 0.6) is 0 Å². The van der Waals surface area contributed by atoms with E-state index in [-0.39, 0.29) is 0 Å². The Bertz CT molecular complexity index is 512. The van der Waals surface area contributed by atoms with Gasteiger partial charge in [-0.1, -0.05) is 74.5 Å². The lowest BCUT2D eigenvalue weighted by molar-refractivity contribution is 0.208.